The predicted molar refractivity (Wildman–Crippen MR) is 52.3 cm³/mol. The molecule has 72 valence electrons. The van der Waals surface area contributed by atoms with Crippen molar-refractivity contribution in [2.24, 2.45) is 0 Å². The van der Waals surface area contributed by atoms with E-state index in [4.69, 9.17) is 5.73 Å². The number of rotatable bonds is 3. The zero-order valence-corrected chi connectivity index (χ0v) is 7.91. The average Bonchev–Trinajstić information content (AvgIpc) is 2.09. The van der Waals surface area contributed by atoms with Crippen LogP contribution in [0.5, 0.6) is 0 Å². The highest BCUT2D eigenvalue weighted by atomic mass is 16.3. The zero-order valence-electron chi connectivity index (χ0n) is 7.91. The highest BCUT2D eigenvalue weighted by Gasteiger charge is 2.10. The van der Waals surface area contributed by atoms with E-state index >= 15 is 0 Å². The van der Waals surface area contributed by atoms with Gasteiger partial charge in [-0.05, 0) is 25.6 Å². The third kappa shape index (κ3) is 2.40. The summed E-state index contributed by atoms with van der Waals surface area (Å²) < 4.78 is 0. The number of nitrogens with two attached hydrogens (primary N) is 1. The van der Waals surface area contributed by atoms with E-state index in [-0.39, 0.29) is 0 Å². The van der Waals surface area contributed by atoms with Crippen molar-refractivity contribution in [2.75, 3.05) is 19.3 Å². The minimum atomic E-state index is -0.586. The van der Waals surface area contributed by atoms with E-state index in [1.165, 1.54) is 0 Å². The van der Waals surface area contributed by atoms with Gasteiger partial charge in [0.15, 0.2) is 0 Å². The van der Waals surface area contributed by atoms with Gasteiger partial charge < -0.3 is 16.2 Å². The van der Waals surface area contributed by atoms with E-state index in [1.807, 2.05) is 13.0 Å². The number of aliphatic hydroxyl groups is 1. The van der Waals surface area contributed by atoms with Crippen LogP contribution in [-0.2, 0) is 0 Å². The summed E-state index contributed by atoms with van der Waals surface area (Å²) in [6.45, 7) is 2.40. The minimum Gasteiger partial charge on any atom is -0.387 e. The molecule has 1 unspecified atom stereocenters. The van der Waals surface area contributed by atoms with Gasteiger partial charge in [0.1, 0.15) is 5.82 Å². The van der Waals surface area contributed by atoms with E-state index < -0.39 is 6.10 Å². The number of nitrogen functional groups attached to an aromatic ring is 1. The molecule has 0 spiro atoms. The number of pyridine rings is 1. The largest absolute Gasteiger partial charge is 0.387 e. The molecule has 4 heteroatoms. The van der Waals surface area contributed by atoms with Gasteiger partial charge in [-0.15, -0.1) is 0 Å². The Balaban J connectivity index is 2.91. The van der Waals surface area contributed by atoms with Crippen LogP contribution in [0.4, 0.5) is 5.82 Å². The molecular formula is C9H15N3O. The number of aliphatic hydroxyl groups excluding tert-OH is 1. The normalized spacial score (nSPS) is 12.8. The van der Waals surface area contributed by atoms with Gasteiger partial charge in [0.2, 0.25) is 0 Å². The number of aryl methyl sites for hydroxylation is 1. The van der Waals surface area contributed by atoms with Crippen molar-refractivity contribution >= 4 is 5.82 Å². The van der Waals surface area contributed by atoms with E-state index in [0.717, 1.165) is 5.56 Å². The summed E-state index contributed by atoms with van der Waals surface area (Å²) in [6, 6.07) is 1.85. The molecule has 0 fully saturated rings. The second-order valence-corrected chi connectivity index (χ2v) is 3.06. The van der Waals surface area contributed by atoms with Gasteiger partial charge in [-0.3, -0.25) is 0 Å². The summed E-state index contributed by atoms with van der Waals surface area (Å²) in [5.41, 5.74) is 7.31. The van der Waals surface area contributed by atoms with Gasteiger partial charge >= 0.3 is 0 Å². The third-order valence-corrected chi connectivity index (χ3v) is 1.84. The van der Waals surface area contributed by atoms with Gasteiger partial charge in [0, 0.05) is 18.3 Å². The van der Waals surface area contributed by atoms with Gasteiger partial charge in [-0.2, -0.15) is 0 Å². The SMILES string of the molecule is CNCC(O)c1cc(C)cnc1N. The second kappa shape index (κ2) is 4.20. The van der Waals surface area contributed by atoms with Crippen molar-refractivity contribution in [3.8, 4) is 0 Å². The fraction of sp³-hybridized carbons (Fsp3) is 0.444. The van der Waals surface area contributed by atoms with Crippen LogP contribution in [0.1, 0.15) is 17.2 Å². The van der Waals surface area contributed by atoms with Crippen molar-refractivity contribution < 1.29 is 5.11 Å². The summed E-state index contributed by atoms with van der Waals surface area (Å²) in [7, 11) is 1.78. The van der Waals surface area contributed by atoms with Crippen LogP contribution in [0, 0.1) is 6.92 Å². The van der Waals surface area contributed by atoms with Gasteiger partial charge in [0.25, 0.3) is 0 Å². The molecule has 1 aromatic rings. The topological polar surface area (TPSA) is 71.2 Å². The first-order valence-corrected chi connectivity index (χ1v) is 4.20. The Bertz CT molecular complexity index is 288. The maximum Gasteiger partial charge on any atom is 0.129 e. The molecule has 4 N–H and O–H groups in total. The van der Waals surface area contributed by atoms with Crippen molar-refractivity contribution in [2.45, 2.75) is 13.0 Å². The molecule has 4 nitrogen and oxygen atoms in total. The molecule has 1 heterocycles. The van der Waals surface area contributed by atoms with Crippen LogP contribution in [-0.4, -0.2) is 23.7 Å². The highest BCUT2D eigenvalue weighted by molar-refractivity contribution is 5.42. The lowest BCUT2D eigenvalue weighted by atomic mass is 10.1. The van der Waals surface area contributed by atoms with Crippen molar-refractivity contribution in [3.63, 3.8) is 0 Å². The molecule has 0 saturated carbocycles. The Hall–Kier alpha value is -1.13. The maximum atomic E-state index is 9.64. The molecule has 0 amide bonds. The number of likely N-dealkylation sites (N-methyl/N-ethyl adjacent to an activating group) is 1. The fourth-order valence-corrected chi connectivity index (χ4v) is 1.17. The quantitative estimate of drug-likeness (QED) is 0.624. The van der Waals surface area contributed by atoms with Gasteiger partial charge in [0.05, 0.1) is 6.10 Å². The number of nitrogens with zero attached hydrogens (tertiary/aromatic N) is 1. The Morgan fingerprint density at radius 1 is 1.69 bits per heavy atom. The Labute approximate surface area is 77.8 Å². The van der Waals surface area contributed by atoms with Gasteiger partial charge in [-0.25, -0.2) is 4.98 Å². The monoisotopic (exact) mass is 181 g/mol. The minimum absolute atomic E-state index is 0.397. The van der Waals surface area contributed by atoms with Crippen LogP contribution < -0.4 is 11.1 Å². The molecule has 0 radical (unpaired) electrons. The first-order valence-electron chi connectivity index (χ1n) is 4.20. The average molecular weight is 181 g/mol. The van der Waals surface area contributed by atoms with E-state index in [2.05, 4.69) is 10.3 Å². The predicted octanol–water partition coefficient (Wildman–Crippen LogP) is 0.225. The fourth-order valence-electron chi connectivity index (χ4n) is 1.17. The molecule has 0 saturated heterocycles. The molecule has 0 aliphatic carbocycles. The number of hydrogen-bond donors (Lipinski definition) is 3. The molecule has 13 heavy (non-hydrogen) atoms. The second-order valence-electron chi connectivity index (χ2n) is 3.06. The lowest BCUT2D eigenvalue weighted by Gasteiger charge is -2.12. The molecule has 1 aromatic heterocycles. The Morgan fingerprint density at radius 2 is 2.38 bits per heavy atom. The number of aromatic nitrogens is 1. The Morgan fingerprint density at radius 3 is 3.00 bits per heavy atom. The van der Waals surface area contributed by atoms with Crippen LogP contribution in [0.3, 0.4) is 0 Å². The zero-order chi connectivity index (χ0) is 9.84. The standard InChI is InChI=1S/C9H15N3O/c1-6-3-7(8(13)5-11-2)9(10)12-4-6/h3-4,8,11,13H,5H2,1-2H3,(H2,10,12). The van der Waals surface area contributed by atoms with Crippen LogP contribution in [0.25, 0.3) is 0 Å². The first-order chi connectivity index (χ1) is 6.15. The highest BCUT2D eigenvalue weighted by Crippen LogP contribution is 2.18. The summed E-state index contributed by atoms with van der Waals surface area (Å²) in [6.07, 6.45) is 1.10. The third-order valence-electron chi connectivity index (χ3n) is 1.84. The summed E-state index contributed by atoms with van der Waals surface area (Å²) in [4.78, 5) is 3.97. The molecule has 0 aliphatic rings. The Kier molecular flexibility index (Phi) is 3.22. The molecule has 0 aliphatic heterocycles. The number of nitrogens with one attached hydrogen (secondary N) is 1. The van der Waals surface area contributed by atoms with Crippen LogP contribution >= 0.6 is 0 Å². The van der Waals surface area contributed by atoms with Crippen molar-refractivity contribution in [1.82, 2.24) is 10.3 Å². The van der Waals surface area contributed by atoms with E-state index in [9.17, 15) is 5.11 Å². The summed E-state index contributed by atoms with van der Waals surface area (Å²) in [5.74, 6) is 0.397. The molecule has 1 rings (SSSR count). The summed E-state index contributed by atoms with van der Waals surface area (Å²) in [5, 5.41) is 12.5. The number of anilines is 1. The maximum absolute atomic E-state index is 9.64. The van der Waals surface area contributed by atoms with Crippen molar-refractivity contribution in [3.05, 3.63) is 23.4 Å². The van der Waals surface area contributed by atoms with Crippen LogP contribution in [0.15, 0.2) is 12.3 Å². The van der Waals surface area contributed by atoms with E-state index in [1.54, 1.807) is 13.2 Å². The lowest BCUT2D eigenvalue weighted by Crippen LogP contribution is -2.18. The van der Waals surface area contributed by atoms with Crippen LogP contribution in [0.2, 0.25) is 0 Å². The summed E-state index contributed by atoms with van der Waals surface area (Å²) >= 11 is 0. The lowest BCUT2D eigenvalue weighted by molar-refractivity contribution is 0.178. The first kappa shape index (κ1) is 9.95. The van der Waals surface area contributed by atoms with Gasteiger partial charge in [-0.1, -0.05) is 0 Å². The van der Waals surface area contributed by atoms with E-state index in [0.29, 0.717) is 17.9 Å². The smallest absolute Gasteiger partial charge is 0.129 e. The molecule has 0 bridgehead atoms. The molecule has 1 atom stereocenters. The number of hydrogen-bond acceptors (Lipinski definition) is 4. The van der Waals surface area contributed by atoms with Crippen molar-refractivity contribution in [1.29, 1.82) is 0 Å². The molecule has 0 aromatic carbocycles. The molecular weight excluding hydrogens is 166 g/mol.